The van der Waals surface area contributed by atoms with Crippen LogP contribution in [0.2, 0.25) is 0 Å². The molecule has 5 atom stereocenters. The van der Waals surface area contributed by atoms with E-state index in [2.05, 4.69) is 6.11 Å². The lowest BCUT2D eigenvalue weighted by Crippen LogP contribution is -2.39. The molecule has 0 aromatic heterocycles. The normalized spacial score (nSPS) is 42.0. The van der Waals surface area contributed by atoms with Crippen molar-refractivity contribution in [2.45, 2.75) is 70.3 Å². The van der Waals surface area contributed by atoms with Crippen LogP contribution in [0.1, 0.15) is 34.1 Å². The zero-order chi connectivity index (χ0) is 16.0. The van der Waals surface area contributed by atoms with Crippen LogP contribution in [0.15, 0.2) is 0 Å². The van der Waals surface area contributed by atoms with Crippen LogP contribution in [0, 0.1) is 18.4 Å². The van der Waals surface area contributed by atoms with Gasteiger partial charge in [0.25, 0.3) is 0 Å². The van der Waals surface area contributed by atoms with E-state index in [0.29, 0.717) is 13.2 Å². The molecular weight excluding hydrogens is 288 g/mol. The molecule has 1 unspecified atom stereocenters. The predicted molar refractivity (Wildman–Crippen MR) is 76.5 cm³/mol. The summed E-state index contributed by atoms with van der Waals surface area (Å²) in [6, 6.07) is 0. The van der Waals surface area contributed by atoms with Crippen molar-refractivity contribution in [3.8, 4) is 12.5 Å². The first-order chi connectivity index (χ1) is 10.3. The van der Waals surface area contributed by atoms with Crippen molar-refractivity contribution in [1.29, 1.82) is 0 Å². The van der Waals surface area contributed by atoms with Gasteiger partial charge in [0.1, 0.15) is 24.9 Å². The average Bonchev–Trinajstić information content (AvgIpc) is 3.01. The van der Waals surface area contributed by atoms with Gasteiger partial charge in [-0.1, -0.05) is 6.42 Å². The summed E-state index contributed by atoms with van der Waals surface area (Å²) in [5.41, 5.74) is 0. The lowest BCUT2D eigenvalue weighted by Gasteiger charge is -2.28. The zero-order valence-corrected chi connectivity index (χ0v) is 13.5. The Balaban J connectivity index is 1.71. The van der Waals surface area contributed by atoms with Gasteiger partial charge >= 0.3 is 0 Å². The number of hydrogen-bond acceptors (Lipinski definition) is 6. The van der Waals surface area contributed by atoms with E-state index in [4.69, 9.17) is 34.8 Å². The van der Waals surface area contributed by atoms with Gasteiger partial charge in [0.2, 0.25) is 0 Å². The summed E-state index contributed by atoms with van der Waals surface area (Å²) in [5, 5.41) is 0. The van der Waals surface area contributed by atoms with Crippen LogP contribution in [0.3, 0.4) is 0 Å². The van der Waals surface area contributed by atoms with Crippen molar-refractivity contribution in [2.75, 3.05) is 13.2 Å². The number of rotatable bonds is 4. The molecule has 0 saturated carbocycles. The van der Waals surface area contributed by atoms with Gasteiger partial charge in [-0.25, -0.2) is 0 Å². The third-order valence-corrected chi connectivity index (χ3v) is 4.26. The Morgan fingerprint density at radius 1 is 1.09 bits per heavy atom. The number of fused-ring (bicyclic) bond motifs is 1. The predicted octanol–water partition coefficient (Wildman–Crippen LogP) is 1.63. The van der Waals surface area contributed by atoms with Gasteiger partial charge in [-0.3, -0.25) is 0 Å². The molecule has 0 aromatic carbocycles. The molecule has 6 heteroatoms. The minimum atomic E-state index is -0.641. The lowest BCUT2D eigenvalue weighted by atomic mass is 9.92. The Kier molecular flexibility index (Phi) is 4.12. The summed E-state index contributed by atoms with van der Waals surface area (Å²) in [5.74, 6) is -1.15. The van der Waals surface area contributed by atoms with Crippen molar-refractivity contribution in [3.05, 3.63) is 0 Å². The molecule has 6 nitrogen and oxygen atoms in total. The third-order valence-electron chi connectivity index (χ3n) is 4.26. The van der Waals surface area contributed by atoms with Gasteiger partial charge in [-0.15, -0.1) is 0 Å². The van der Waals surface area contributed by atoms with Crippen molar-refractivity contribution in [2.24, 2.45) is 5.92 Å². The van der Waals surface area contributed by atoms with Gasteiger partial charge in [0, 0.05) is 5.92 Å². The van der Waals surface area contributed by atoms with Crippen LogP contribution in [-0.4, -0.2) is 49.4 Å². The van der Waals surface area contributed by atoms with E-state index >= 15 is 0 Å². The zero-order valence-electron chi connectivity index (χ0n) is 13.5. The maximum Gasteiger partial charge on any atom is 0.187 e. The van der Waals surface area contributed by atoms with E-state index in [1.165, 1.54) is 0 Å². The van der Waals surface area contributed by atoms with Crippen molar-refractivity contribution in [1.82, 2.24) is 0 Å². The second-order valence-corrected chi connectivity index (χ2v) is 6.86. The smallest absolute Gasteiger partial charge is 0.187 e. The minimum Gasteiger partial charge on any atom is -0.447 e. The molecule has 124 valence electrons. The van der Waals surface area contributed by atoms with Gasteiger partial charge in [-0.2, -0.15) is 0 Å². The second kappa shape index (κ2) is 5.66. The highest BCUT2D eigenvalue weighted by Gasteiger charge is 2.57. The maximum atomic E-state index is 6.08. The van der Waals surface area contributed by atoms with Crippen molar-refractivity contribution >= 4 is 0 Å². The van der Waals surface area contributed by atoms with E-state index in [-0.39, 0.29) is 30.5 Å². The standard InChI is InChI=1S/C16H24O6/c1-6-17-8-7-10-12(11-9-18-15(2,3)20-11)19-14-13(10)21-16(4,5)22-14/h1,10-14H,7-9H2,2-5H3/t10-,11?,12+,13-,14-/m1/s1. The molecular formula is C16H24O6. The average molecular weight is 312 g/mol. The first kappa shape index (κ1) is 16.0. The molecule has 3 saturated heterocycles. The van der Waals surface area contributed by atoms with E-state index in [9.17, 15) is 0 Å². The Bertz CT molecular complexity index is 454. The summed E-state index contributed by atoms with van der Waals surface area (Å²) in [4.78, 5) is 0. The van der Waals surface area contributed by atoms with Crippen LogP contribution in [-0.2, 0) is 28.4 Å². The second-order valence-electron chi connectivity index (χ2n) is 6.86. The lowest BCUT2D eigenvalue weighted by molar-refractivity contribution is -0.227. The van der Waals surface area contributed by atoms with Gasteiger partial charge in [0.15, 0.2) is 17.9 Å². The Morgan fingerprint density at radius 2 is 1.86 bits per heavy atom. The summed E-state index contributed by atoms with van der Waals surface area (Å²) in [6.07, 6.45) is 7.23. The molecule has 0 amide bonds. The third kappa shape index (κ3) is 3.10. The van der Waals surface area contributed by atoms with E-state index < -0.39 is 11.6 Å². The first-order valence-corrected chi connectivity index (χ1v) is 7.71. The SMILES string of the molecule is C#COCC[C@H]1[C@H]2OC(C)(C)O[C@H]2O[C@@H]1C1COC(C)(C)O1. The highest BCUT2D eigenvalue weighted by Crippen LogP contribution is 2.44. The van der Waals surface area contributed by atoms with E-state index in [1.807, 2.05) is 27.7 Å². The molecule has 22 heavy (non-hydrogen) atoms. The topological polar surface area (TPSA) is 55.4 Å². The van der Waals surface area contributed by atoms with Crippen molar-refractivity contribution < 1.29 is 28.4 Å². The number of terminal acetylenes is 1. The monoisotopic (exact) mass is 312 g/mol. The summed E-state index contributed by atoms with van der Waals surface area (Å²) in [6.45, 7) is 8.51. The van der Waals surface area contributed by atoms with Crippen LogP contribution in [0.25, 0.3) is 0 Å². The molecule has 3 aliphatic heterocycles. The fourth-order valence-electron chi connectivity index (χ4n) is 3.42. The summed E-state index contributed by atoms with van der Waals surface area (Å²) < 4.78 is 34.6. The Hall–Kier alpha value is -0.840. The Labute approximate surface area is 131 Å². The van der Waals surface area contributed by atoms with Gasteiger partial charge in [-0.05, 0) is 34.1 Å². The molecule has 0 N–H and O–H groups in total. The fourth-order valence-corrected chi connectivity index (χ4v) is 3.42. The fraction of sp³-hybridized carbons (Fsp3) is 0.875. The number of ether oxygens (including phenoxy) is 6. The molecule has 0 spiro atoms. The molecule has 3 rings (SSSR count). The molecule has 3 fully saturated rings. The summed E-state index contributed by atoms with van der Waals surface area (Å²) >= 11 is 0. The largest absolute Gasteiger partial charge is 0.447 e. The molecule has 0 bridgehead atoms. The van der Waals surface area contributed by atoms with Crippen molar-refractivity contribution in [3.63, 3.8) is 0 Å². The Morgan fingerprint density at radius 3 is 2.50 bits per heavy atom. The minimum absolute atomic E-state index is 0.0858. The molecule has 0 radical (unpaired) electrons. The first-order valence-electron chi connectivity index (χ1n) is 7.71. The maximum absolute atomic E-state index is 6.08. The van der Waals surface area contributed by atoms with Gasteiger partial charge < -0.3 is 28.4 Å². The molecule has 3 heterocycles. The van der Waals surface area contributed by atoms with Crippen LogP contribution in [0.4, 0.5) is 0 Å². The summed E-state index contributed by atoms with van der Waals surface area (Å²) in [7, 11) is 0. The highest BCUT2D eigenvalue weighted by atomic mass is 16.8. The molecule has 0 aliphatic carbocycles. The molecule has 0 aromatic rings. The van der Waals surface area contributed by atoms with Crippen LogP contribution >= 0.6 is 0 Å². The van der Waals surface area contributed by atoms with Crippen LogP contribution in [0.5, 0.6) is 0 Å². The number of hydrogen-bond donors (Lipinski definition) is 0. The quantitative estimate of drug-likeness (QED) is 0.581. The van der Waals surface area contributed by atoms with Gasteiger partial charge in [0.05, 0.1) is 12.7 Å². The highest BCUT2D eigenvalue weighted by molar-refractivity contribution is 4.97. The molecule has 3 aliphatic rings. The van der Waals surface area contributed by atoms with Crippen LogP contribution < -0.4 is 0 Å². The van der Waals surface area contributed by atoms with E-state index in [0.717, 1.165) is 6.42 Å². The van der Waals surface area contributed by atoms with E-state index in [1.54, 1.807) is 0 Å².